The molecule has 0 saturated heterocycles. The summed E-state index contributed by atoms with van der Waals surface area (Å²) in [6.07, 6.45) is 2.64. The van der Waals surface area contributed by atoms with Crippen LogP contribution in [0, 0.1) is 0 Å². The van der Waals surface area contributed by atoms with Crippen LogP contribution in [0.2, 0.25) is 0 Å². The van der Waals surface area contributed by atoms with Crippen LogP contribution in [0.15, 0.2) is 12.1 Å². The molecule has 0 atom stereocenters. The fourth-order valence-corrected chi connectivity index (χ4v) is 2.55. The van der Waals surface area contributed by atoms with Gasteiger partial charge in [-0.1, -0.05) is 19.9 Å². The summed E-state index contributed by atoms with van der Waals surface area (Å²) in [5.74, 6) is 1.90. The van der Waals surface area contributed by atoms with E-state index in [1.54, 1.807) is 0 Å². The first-order valence-electron chi connectivity index (χ1n) is 5.95. The second-order valence-electron chi connectivity index (χ2n) is 5.03. The molecule has 0 spiro atoms. The molecule has 3 nitrogen and oxygen atoms in total. The molecule has 3 heteroatoms. The molecule has 1 saturated carbocycles. The third kappa shape index (κ3) is 1.31. The third-order valence-electron chi connectivity index (χ3n) is 3.43. The zero-order valence-electron chi connectivity index (χ0n) is 9.75. The van der Waals surface area contributed by atoms with Crippen LogP contribution in [0.4, 0.5) is 5.82 Å². The summed E-state index contributed by atoms with van der Waals surface area (Å²) in [4.78, 5) is 0. The fraction of sp³-hybridized carbons (Fsp3) is 0.462. The lowest BCUT2D eigenvalue weighted by atomic mass is 9.91. The quantitative estimate of drug-likeness (QED) is 0.808. The van der Waals surface area contributed by atoms with Crippen LogP contribution < -0.4 is 5.73 Å². The second-order valence-corrected chi connectivity index (χ2v) is 5.03. The number of hydrogen-bond donors (Lipinski definition) is 2. The van der Waals surface area contributed by atoms with E-state index in [4.69, 9.17) is 5.73 Å². The van der Waals surface area contributed by atoms with E-state index in [1.165, 1.54) is 24.0 Å². The molecule has 84 valence electrons. The van der Waals surface area contributed by atoms with Gasteiger partial charge in [-0.25, -0.2) is 0 Å². The van der Waals surface area contributed by atoms with Gasteiger partial charge in [-0.3, -0.25) is 5.10 Å². The van der Waals surface area contributed by atoms with Crippen LogP contribution >= 0.6 is 0 Å². The summed E-state index contributed by atoms with van der Waals surface area (Å²) in [5, 5.41) is 8.25. The number of benzene rings is 1. The molecule has 0 amide bonds. The number of anilines is 1. The number of aromatic amines is 1. The van der Waals surface area contributed by atoms with Crippen molar-refractivity contribution in [3.63, 3.8) is 0 Å². The van der Waals surface area contributed by atoms with Crippen molar-refractivity contribution in [1.29, 1.82) is 0 Å². The van der Waals surface area contributed by atoms with E-state index in [0.29, 0.717) is 11.7 Å². The highest BCUT2D eigenvalue weighted by Crippen LogP contribution is 2.45. The number of nitrogens with two attached hydrogens (primary N) is 1. The number of aromatic nitrogens is 2. The molecule has 1 fully saturated rings. The van der Waals surface area contributed by atoms with Gasteiger partial charge in [-0.15, -0.1) is 0 Å². The highest BCUT2D eigenvalue weighted by atomic mass is 15.1. The van der Waals surface area contributed by atoms with E-state index in [-0.39, 0.29) is 0 Å². The SMILES string of the molecule is CC(C)c1c(C2CC2)ccc2[nH]nc(N)c12. The predicted molar refractivity (Wildman–Crippen MR) is 66.6 cm³/mol. The van der Waals surface area contributed by atoms with Crippen LogP contribution in [0.3, 0.4) is 0 Å². The highest BCUT2D eigenvalue weighted by molar-refractivity contribution is 5.93. The Labute approximate surface area is 95.0 Å². The monoisotopic (exact) mass is 215 g/mol. The molecular weight excluding hydrogens is 198 g/mol. The Bertz CT molecular complexity index is 535. The number of nitrogens with one attached hydrogen (secondary N) is 1. The predicted octanol–water partition coefficient (Wildman–Crippen LogP) is 3.15. The van der Waals surface area contributed by atoms with Crippen molar-refractivity contribution in [2.45, 2.75) is 38.5 Å². The molecular formula is C13H17N3. The van der Waals surface area contributed by atoms with E-state index >= 15 is 0 Å². The van der Waals surface area contributed by atoms with E-state index in [1.807, 2.05) is 0 Å². The maximum absolute atomic E-state index is 5.96. The Morgan fingerprint density at radius 1 is 1.38 bits per heavy atom. The number of nitrogens with zero attached hydrogens (tertiary/aromatic N) is 1. The summed E-state index contributed by atoms with van der Waals surface area (Å²) >= 11 is 0. The van der Waals surface area contributed by atoms with Gasteiger partial charge in [-0.2, -0.15) is 5.10 Å². The van der Waals surface area contributed by atoms with Crippen LogP contribution in [0.5, 0.6) is 0 Å². The zero-order valence-corrected chi connectivity index (χ0v) is 9.75. The van der Waals surface area contributed by atoms with Gasteiger partial charge in [0.1, 0.15) is 0 Å². The highest BCUT2D eigenvalue weighted by Gasteiger charge is 2.28. The molecule has 0 bridgehead atoms. The lowest BCUT2D eigenvalue weighted by Gasteiger charge is -2.14. The smallest absolute Gasteiger partial charge is 0.153 e. The lowest BCUT2D eigenvalue weighted by molar-refractivity contribution is 0.852. The van der Waals surface area contributed by atoms with Crippen molar-refractivity contribution in [2.24, 2.45) is 0 Å². The van der Waals surface area contributed by atoms with Gasteiger partial charge in [0, 0.05) is 5.39 Å². The van der Waals surface area contributed by atoms with Crippen molar-refractivity contribution < 1.29 is 0 Å². The second kappa shape index (κ2) is 3.24. The molecule has 1 aromatic heterocycles. The number of rotatable bonds is 2. The summed E-state index contributed by atoms with van der Waals surface area (Å²) in [7, 11) is 0. The zero-order chi connectivity index (χ0) is 11.3. The molecule has 0 radical (unpaired) electrons. The van der Waals surface area contributed by atoms with Crippen LogP contribution in [-0.4, -0.2) is 10.2 Å². The van der Waals surface area contributed by atoms with Gasteiger partial charge in [0.05, 0.1) is 5.52 Å². The Morgan fingerprint density at radius 2 is 2.12 bits per heavy atom. The van der Waals surface area contributed by atoms with Crippen molar-refractivity contribution in [1.82, 2.24) is 10.2 Å². The molecule has 1 aliphatic rings. The van der Waals surface area contributed by atoms with Crippen molar-refractivity contribution in [2.75, 3.05) is 5.73 Å². The Kier molecular flexibility index (Phi) is 1.96. The molecule has 1 aliphatic carbocycles. The lowest BCUT2D eigenvalue weighted by Crippen LogP contribution is -1.97. The summed E-state index contributed by atoms with van der Waals surface area (Å²) in [6, 6.07) is 4.35. The maximum Gasteiger partial charge on any atom is 0.153 e. The van der Waals surface area contributed by atoms with Crippen LogP contribution in [0.25, 0.3) is 10.9 Å². The van der Waals surface area contributed by atoms with Crippen molar-refractivity contribution in [3.05, 3.63) is 23.3 Å². The minimum Gasteiger partial charge on any atom is -0.382 e. The average Bonchev–Trinajstić information content (AvgIpc) is 3.03. The van der Waals surface area contributed by atoms with E-state index in [9.17, 15) is 0 Å². The molecule has 16 heavy (non-hydrogen) atoms. The molecule has 2 aromatic rings. The maximum atomic E-state index is 5.96. The van der Waals surface area contributed by atoms with Crippen molar-refractivity contribution in [3.8, 4) is 0 Å². The first-order chi connectivity index (χ1) is 7.68. The Balaban J connectivity index is 2.33. The van der Waals surface area contributed by atoms with E-state index < -0.39 is 0 Å². The summed E-state index contributed by atoms with van der Waals surface area (Å²) in [5.41, 5.74) is 9.90. The largest absolute Gasteiger partial charge is 0.382 e. The average molecular weight is 215 g/mol. The third-order valence-corrected chi connectivity index (χ3v) is 3.43. The fourth-order valence-electron chi connectivity index (χ4n) is 2.55. The number of nitrogen functional groups attached to an aromatic ring is 1. The van der Waals surface area contributed by atoms with Gasteiger partial charge >= 0.3 is 0 Å². The van der Waals surface area contributed by atoms with Gasteiger partial charge in [0.2, 0.25) is 0 Å². The molecule has 3 rings (SSSR count). The minimum atomic E-state index is 0.499. The molecule has 0 unspecified atom stereocenters. The summed E-state index contributed by atoms with van der Waals surface area (Å²) in [6.45, 7) is 4.46. The Hall–Kier alpha value is -1.51. The van der Waals surface area contributed by atoms with Gasteiger partial charge in [0.25, 0.3) is 0 Å². The number of H-pyrrole nitrogens is 1. The first kappa shape index (κ1) is 9.70. The van der Waals surface area contributed by atoms with E-state index in [2.05, 4.69) is 36.2 Å². The molecule has 1 heterocycles. The van der Waals surface area contributed by atoms with Crippen LogP contribution in [-0.2, 0) is 0 Å². The van der Waals surface area contributed by atoms with Gasteiger partial charge in [-0.05, 0) is 41.9 Å². The minimum absolute atomic E-state index is 0.499. The molecule has 3 N–H and O–H groups in total. The Morgan fingerprint density at radius 3 is 2.75 bits per heavy atom. The van der Waals surface area contributed by atoms with Crippen LogP contribution in [0.1, 0.15) is 49.7 Å². The van der Waals surface area contributed by atoms with Gasteiger partial charge in [0.15, 0.2) is 5.82 Å². The van der Waals surface area contributed by atoms with E-state index in [0.717, 1.165) is 16.8 Å². The van der Waals surface area contributed by atoms with Gasteiger partial charge < -0.3 is 5.73 Å². The number of hydrogen-bond acceptors (Lipinski definition) is 2. The summed E-state index contributed by atoms with van der Waals surface area (Å²) < 4.78 is 0. The molecule has 1 aromatic carbocycles. The standard InChI is InChI=1S/C13H17N3/c1-7(2)11-9(8-3-4-8)5-6-10-12(11)13(14)16-15-10/h5-8H,3-4H2,1-2H3,(H3,14,15,16). The topological polar surface area (TPSA) is 54.7 Å². The van der Waals surface area contributed by atoms with Crippen molar-refractivity contribution >= 4 is 16.7 Å². The first-order valence-corrected chi connectivity index (χ1v) is 5.95. The number of fused-ring (bicyclic) bond motifs is 1. The normalized spacial score (nSPS) is 16.2. The molecule has 0 aliphatic heterocycles.